The number of para-hydroxylation sites is 1. The molecule has 0 unspecified atom stereocenters. The van der Waals surface area contributed by atoms with Crippen LogP contribution in [0.1, 0.15) is 61.8 Å². The minimum atomic E-state index is -0.226. The molecule has 2 aromatic heterocycles. The van der Waals surface area contributed by atoms with E-state index in [-0.39, 0.29) is 18.1 Å². The molecule has 4 aromatic rings. The van der Waals surface area contributed by atoms with Gasteiger partial charge >= 0.3 is 6.03 Å². The molecule has 0 radical (unpaired) electrons. The monoisotopic (exact) mass is 467 g/mol. The topological polar surface area (TPSA) is 55.1 Å². The van der Waals surface area contributed by atoms with E-state index < -0.39 is 0 Å². The Kier molecular flexibility index (Phi) is 6.20. The number of benzene rings is 2. The van der Waals surface area contributed by atoms with Crippen LogP contribution in [0.4, 0.5) is 4.79 Å². The van der Waals surface area contributed by atoms with E-state index in [0.29, 0.717) is 6.54 Å². The molecule has 0 fully saturated rings. The highest BCUT2D eigenvalue weighted by Crippen LogP contribution is 2.38. The van der Waals surface area contributed by atoms with Gasteiger partial charge in [0, 0.05) is 17.8 Å². The molecule has 1 atom stereocenters. The lowest BCUT2D eigenvalue weighted by molar-refractivity contribution is 0.178. The Labute approximate surface area is 207 Å². The summed E-state index contributed by atoms with van der Waals surface area (Å²) in [5, 5.41) is 8.16. The molecule has 2 amide bonds. The first-order valence-electron chi connectivity index (χ1n) is 12.5. The van der Waals surface area contributed by atoms with Crippen molar-refractivity contribution in [3.8, 4) is 11.5 Å². The molecule has 0 saturated heterocycles. The van der Waals surface area contributed by atoms with E-state index in [0.717, 1.165) is 46.9 Å². The first kappa shape index (κ1) is 23.0. The van der Waals surface area contributed by atoms with Gasteiger partial charge in [0.25, 0.3) is 0 Å². The molecule has 2 aromatic carbocycles. The first-order chi connectivity index (χ1) is 17.0. The zero-order valence-electron chi connectivity index (χ0n) is 20.9. The lowest BCUT2D eigenvalue weighted by Gasteiger charge is -2.32. The van der Waals surface area contributed by atoms with Gasteiger partial charge in [-0.25, -0.2) is 9.48 Å². The lowest BCUT2D eigenvalue weighted by atomic mass is 9.99. The van der Waals surface area contributed by atoms with Crippen LogP contribution >= 0.6 is 0 Å². The number of nitrogens with one attached hydrogen (secondary N) is 1. The Morgan fingerprint density at radius 2 is 1.74 bits per heavy atom. The number of rotatable bonds is 5. The maximum Gasteiger partial charge on any atom is 0.318 e. The van der Waals surface area contributed by atoms with E-state index in [9.17, 15) is 4.79 Å². The van der Waals surface area contributed by atoms with Gasteiger partial charge in [0.1, 0.15) is 5.82 Å². The number of amides is 2. The Hall–Kier alpha value is -3.80. The van der Waals surface area contributed by atoms with Crippen LogP contribution in [0.5, 0.6) is 0 Å². The van der Waals surface area contributed by atoms with Gasteiger partial charge in [-0.2, -0.15) is 5.10 Å². The van der Waals surface area contributed by atoms with Gasteiger partial charge in [0.15, 0.2) is 0 Å². The van der Waals surface area contributed by atoms with E-state index in [4.69, 9.17) is 5.10 Å². The van der Waals surface area contributed by atoms with Crippen LogP contribution in [0.15, 0.2) is 72.9 Å². The number of aromatic nitrogens is 3. The standard InChI is InChI=1S/C29H33N5O/c1-5-21-14-16-22(17-15-21)27-26-13-10-18-32(26)28-24(19-33(27)29(35)30-20(3)4)25(6-2)31-34(28)23-11-8-7-9-12-23/h7-18,20,27H,5-6,19H2,1-4H3,(H,30,35)/t27-/m0/s1. The van der Waals surface area contributed by atoms with Crippen LogP contribution in [0, 0.1) is 0 Å². The van der Waals surface area contributed by atoms with Crippen LogP contribution in [0.25, 0.3) is 11.5 Å². The van der Waals surface area contributed by atoms with Crippen molar-refractivity contribution >= 4 is 6.03 Å². The smallest absolute Gasteiger partial charge is 0.318 e. The summed E-state index contributed by atoms with van der Waals surface area (Å²) < 4.78 is 4.24. The summed E-state index contributed by atoms with van der Waals surface area (Å²) in [6, 6.07) is 22.8. The second-order valence-electron chi connectivity index (χ2n) is 9.38. The Bertz CT molecular complexity index is 1320. The zero-order valence-corrected chi connectivity index (χ0v) is 20.9. The average molecular weight is 468 g/mol. The minimum absolute atomic E-state index is 0.0396. The highest BCUT2D eigenvalue weighted by Gasteiger charge is 2.36. The third-order valence-corrected chi connectivity index (χ3v) is 6.68. The largest absolute Gasteiger partial charge is 0.336 e. The summed E-state index contributed by atoms with van der Waals surface area (Å²) in [5.41, 5.74) is 6.53. The SMILES string of the molecule is CCc1ccc([C@H]2c3cccn3-c3c(c(CC)nn3-c3ccccc3)CN2C(=O)NC(C)C)cc1. The fraction of sp³-hybridized carbons (Fsp3) is 0.310. The summed E-state index contributed by atoms with van der Waals surface area (Å²) in [4.78, 5) is 15.6. The molecule has 1 aliphatic rings. The third-order valence-electron chi connectivity index (χ3n) is 6.68. The molecule has 1 N–H and O–H groups in total. The summed E-state index contributed by atoms with van der Waals surface area (Å²) in [7, 11) is 0. The van der Waals surface area contributed by atoms with Crippen molar-refractivity contribution in [2.75, 3.05) is 0 Å². The second kappa shape index (κ2) is 9.45. The summed E-state index contributed by atoms with van der Waals surface area (Å²) >= 11 is 0. The van der Waals surface area contributed by atoms with Crippen LogP contribution in [0.3, 0.4) is 0 Å². The van der Waals surface area contributed by atoms with E-state index >= 15 is 0 Å². The van der Waals surface area contributed by atoms with Crippen molar-refractivity contribution in [3.05, 3.63) is 101 Å². The van der Waals surface area contributed by atoms with Crippen molar-refractivity contribution in [2.24, 2.45) is 0 Å². The van der Waals surface area contributed by atoms with Gasteiger partial charge in [0.2, 0.25) is 0 Å². The zero-order chi connectivity index (χ0) is 24.5. The highest BCUT2D eigenvalue weighted by atomic mass is 16.2. The number of nitrogens with zero attached hydrogens (tertiary/aromatic N) is 4. The number of aryl methyl sites for hydroxylation is 2. The second-order valence-corrected chi connectivity index (χ2v) is 9.38. The van der Waals surface area contributed by atoms with Crippen LogP contribution in [0.2, 0.25) is 0 Å². The molecule has 35 heavy (non-hydrogen) atoms. The number of carbonyl (C=O) groups is 1. The van der Waals surface area contributed by atoms with Gasteiger partial charge in [-0.05, 0) is 62.1 Å². The molecule has 0 aliphatic carbocycles. The Morgan fingerprint density at radius 1 is 1.00 bits per heavy atom. The number of hydrogen-bond acceptors (Lipinski definition) is 2. The van der Waals surface area contributed by atoms with Crippen molar-refractivity contribution in [1.82, 2.24) is 24.6 Å². The minimum Gasteiger partial charge on any atom is -0.336 e. The lowest BCUT2D eigenvalue weighted by Crippen LogP contribution is -2.44. The van der Waals surface area contributed by atoms with E-state index in [1.54, 1.807) is 0 Å². The van der Waals surface area contributed by atoms with Crippen molar-refractivity contribution < 1.29 is 4.79 Å². The molecule has 0 bridgehead atoms. The Morgan fingerprint density at radius 3 is 2.40 bits per heavy atom. The predicted molar refractivity (Wildman–Crippen MR) is 139 cm³/mol. The molecular weight excluding hydrogens is 434 g/mol. The van der Waals surface area contributed by atoms with Gasteiger partial charge < -0.3 is 14.8 Å². The molecular formula is C29H33N5O. The fourth-order valence-corrected chi connectivity index (χ4v) is 4.96. The maximum atomic E-state index is 13.7. The summed E-state index contributed by atoms with van der Waals surface area (Å²) in [6.07, 6.45) is 3.86. The fourth-order valence-electron chi connectivity index (χ4n) is 4.96. The van der Waals surface area contributed by atoms with Crippen LogP contribution in [-0.4, -0.2) is 31.3 Å². The van der Waals surface area contributed by atoms with Crippen LogP contribution in [-0.2, 0) is 19.4 Å². The maximum absolute atomic E-state index is 13.7. The molecule has 0 saturated carbocycles. The average Bonchev–Trinajstić information content (AvgIpc) is 3.45. The van der Waals surface area contributed by atoms with E-state index in [1.807, 2.05) is 41.6 Å². The van der Waals surface area contributed by atoms with Crippen LogP contribution < -0.4 is 5.32 Å². The van der Waals surface area contributed by atoms with E-state index in [1.165, 1.54) is 5.56 Å². The van der Waals surface area contributed by atoms with Gasteiger partial charge in [-0.15, -0.1) is 0 Å². The van der Waals surface area contributed by atoms with Gasteiger partial charge in [-0.1, -0.05) is 56.3 Å². The number of hydrogen-bond donors (Lipinski definition) is 1. The quantitative estimate of drug-likeness (QED) is 0.403. The number of fused-ring (bicyclic) bond motifs is 3. The first-order valence-corrected chi connectivity index (χ1v) is 12.5. The summed E-state index contributed by atoms with van der Waals surface area (Å²) in [6.45, 7) is 8.76. The highest BCUT2D eigenvalue weighted by molar-refractivity contribution is 5.76. The van der Waals surface area contributed by atoms with Crippen molar-refractivity contribution in [3.63, 3.8) is 0 Å². The molecule has 1 aliphatic heterocycles. The van der Waals surface area contributed by atoms with Crippen molar-refractivity contribution in [1.29, 1.82) is 0 Å². The molecule has 6 heteroatoms. The number of urea groups is 1. The molecule has 3 heterocycles. The molecule has 0 spiro atoms. The normalized spacial score (nSPS) is 15.0. The predicted octanol–water partition coefficient (Wildman–Crippen LogP) is 5.81. The van der Waals surface area contributed by atoms with Crippen molar-refractivity contribution in [2.45, 2.75) is 59.2 Å². The molecule has 180 valence electrons. The van der Waals surface area contributed by atoms with Gasteiger partial charge in [-0.3, -0.25) is 0 Å². The van der Waals surface area contributed by atoms with Gasteiger partial charge in [0.05, 0.1) is 29.7 Å². The Balaban J connectivity index is 1.74. The third kappa shape index (κ3) is 4.14. The van der Waals surface area contributed by atoms with E-state index in [2.05, 4.69) is 78.5 Å². The summed E-state index contributed by atoms with van der Waals surface area (Å²) in [5.74, 6) is 1.00. The number of carbonyl (C=O) groups excluding carboxylic acids is 1. The molecule has 6 nitrogen and oxygen atoms in total. The molecule has 5 rings (SSSR count).